The van der Waals surface area contributed by atoms with Crippen LogP contribution in [0.25, 0.3) is 0 Å². The molecule has 0 atom stereocenters. The molecule has 0 saturated carbocycles. The molecule has 0 unspecified atom stereocenters. The van der Waals surface area contributed by atoms with E-state index < -0.39 is 0 Å². The molecule has 0 fully saturated rings. The quantitative estimate of drug-likeness (QED) is 0.235. The summed E-state index contributed by atoms with van der Waals surface area (Å²) in [4.78, 5) is 7.49. The van der Waals surface area contributed by atoms with Gasteiger partial charge in [0.15, 0.2) is 0 Å². The standard InChI is InChI=1S/C4H8N2S4.Zn/c7-3(8)5-1-2-6-4(9)10;/h1-2H2,(H2,5,7,8)(H2,6,9,10);/q;+2/p-4. The van der Waals surface area contributed by atoms with Gasteiger partial charge in [0.2, 0.25) is 0 Å². The average molecular weight is 274 g/mol. The minimum atomic E-state index is 0. The van der Waals surface area contributed by atoms with Crippen molar-refractivity contribution in [3.8, 4) is 0 Å². The molecular formula is C4H4N2S4Zn-2. The molecule has 0 rings (SSSR count). The second kappa shape index (κ2) is 8.94. The number of aliphatic imine (C=N–C) groups is 2. The molecule has 58 valence electrons. The maximum absolute atomic E-state index is 4.52. The molecule has 0 amide bonds. The number of rotatable bonds is 3. The van der Waals surface area contributed by atoms with E-state index in [0.29, 0.717) is 13.1 Å². The molecule has 0 aromatic carbocycles. The van der Waals surface area contributed by atoms with E-state index in [-0.39, 0.29) is 28.2 Å². The summed E-state index contributed by atoms with van der Waals surface area (Å²) < 4.78 is 0.455. The van der Waals surface area contributed by atoms with Gasteiger partial charge in [-0.1, -0.05) is 0 Å². The van der Waals surface area contributed by atoms with Crippen LogP contribution in [0.2, 0.25) is 0 Å². The summed E-state index contributed by atoms with van der Waals surface area (Å²) in [7, 11) is 0. The van der Waals surface area contributed by atoms with Crippen molar-refractivity contribution in [2.75, 3.05) is 13.1 Å². The Morgan fingerprint density at radius 1 is 0.818 bits per heavy atom. The molecule has 0 radical (unpaired) electrons. The Kier molecular flexibility index (Phi) is 11.7. The Balaban J connectivity index is 0. The zero-order valence-electron chi connectivity index (χ0n) is 5.65. The van der Waals surface area contributed by atoms with Crippen molar-refractivity contribution < 1.29 is 19.5 Å². The fourth-order valence-electron chi connectivity index (χ4n) is 0.283. The monoisotopic (exact) mass is 272 g/mol. The van der Waals surface area contributed by atoms with Gasteiger partial charge in [-0.2, -0.15) is 0 Å². The minimum Gasteiger partial charge on any atom is -0.789 e. The average Bonchev–Trinajstić information content (AvgIpc) is 1.79. The van der Waals surface area contributed by atoms with Crippen LogP contribution in [0.5, 0.6) is 0 Å². The Morgan fingerprint density at radius 2 is 1.09 bits per heavy atom. The smallest absolute Gasteiger partial charge is 0.789 e. The van der Waals surface area contributed by atoms with E-state index in [1.165, 1.54) is 0 Å². The van der Waals surface area contributed by atoms with Crippen LogP contribution in [0.1, 0.15) is 0 Å². The van der Waals surface area contributed by atoms with Gasteiger partial charge in [-0.15, -0.1) is 0 Å². The summed E-state index contributed by atoms with van der Waals surface area (Å²) in [5.41, 5.74) is 0. The maximum atomic E-state index is 4.52. The molecule has 7 heteroatoms. The van der Waals surface area contributed by atoms with Crippen LogP contribution < -0.4 is 0 Å². The summed E-state index contributed by atoms with van der Waals surface area (Å²) in [6, 6.07) is 0. The molecule has 0 aromatic heterocycles. The fourth-order valence-corrected chi connectivity index (χ4v) is 0.648. The molecule has 0 spiro atoms. The van der Waals surface area contributed by atoms with E-state index in [1.54, 1.807) is 0 Å². The second-order valence-electron chi connectivity index (χ2n) is 1.30. The van der Waals surface area contributed by atoms with Crippen molar-refractivity contribution >= 4 is 59.3 Å². The third kappa shape index (κ3) is 13.8. The molecule has 11 heavy (non-hydrogen) atoms. The second-order valence-corrected chi connectivity index (χ2v) is 3.36. The van der Waals surface area contributed by atoms with Crippen LogP contribution in [0.4, 0.5) is 0 Å². The van der Waals surface area contributed by atoms with E-state index in [2.05, 4.69) is 60.5 Å². The molecule has 0 aromatic rings. The van der Waals surface area contributed by atoms with Gasteiger partial charge in [0.25, 0.3) is 0 Å². The Labute approximate surface area is 101 Å². The van der Waals surface area contributed by atoms with Gasteiger partial charge in [-0.25, -0.2) is 8.75 Å². The minimum absolute atomic E-state index is 0. The Bertz CT molecular complexity index is 132. The summed E-state index contributed by atoms with van der Waals surface area (Å²) in [6.07, 6.45) is 0. The number of hydrogen-bond acceptors (Lipinski definition) is 6. The van der Waals surface area contributed by atoms with Crippen molar-refractivity contribution in [1.82, 2.24) is 0 Å². The van der Waals surface area contributed by atoms with Gasteiger partial charge in [0, 0.05) is 0 Å². The predicted octanol–water partition coefficient (Wildman–Crippen LogP) is -0.116. The van der Waals surface area contributed by atoms with Crippen molar-refractivity contribution in [3.05, 3.63) is 0 Å². The largest absolute Gasteiger partial charge is 2.00 e. The normalized spacial score (nSPS) is 7.64. The molecule has 0 saturated heterocycles. The van der Waals surface area contributed by atoms with Crippen molar-refractivity contribution in [2.24, 2.45) is 9.98 Å². The third-order valence-electron chi connectivity index (χ3n) is 0.582. The van der Waals surface area contributed by atoms with E-state index in [1.807, 2.05) is 0 Å². The summed E-state index contributed by atoms with van der Waals surface area (Å²) in [5.74, 6) is 0. The van der Waals surface area contributed by atoms with Gasteiger partial charge in [0.1, 0.15) is 0 Å². The van der Waals surface area contributed by atoms with Crippen LogP contribution in [0.3, 0.4) is 0 Å². The fraction of sp³-hybridized carbons (Fsp3) is 0.500. The van der Waals surface area contributed by atoms with Crippen LogP contribution in [0.15, 0.2) is 9.98 Å². The molecule has 0 bridgehead atoms. The first-order valence-electron chi connectivity index (χ1n) is 2.40. The first-order chi connectivity index (χ1) is 4.63. The molecule has 2 nitrogen and oxygen atoms in total. The molecular weight excluding hydrogens is 270 g/mol. The van der Waals surface area contributed by atoms with Crippen molar-refractivity contribution in [3.63, 3.8) is 0 Å². The third-order valence-corrected chi connectivity index (χ3v) is 1.10. The van der Waals surface area contributed by atoms with Gasteiger partial charge >= 0.3 is 19.5 Å². The topological polar surface area (TPSA) is 24.7 Å². The molecule has 0 heterocycles. The van der Waals surface area contributed by atoms with Gasteiger partial charge in [0.05, 0.1) is 13.1 Å². The van der Waals surface area contributed by atoms with Crippen molar-refractivity contribution in [2.45, 2.75) is 0 Å². The molecule has 0 aliphatic carbocycles. The van der Waals surface area contributed by atoms with Gasteiger partial charge in [-0.3, -0.25) is 0 Å². The van der Waals surface area contributed by atoms with Crippen molar-refractivity contribution in [1.29, 1.82) is 0 Å². The van der Waals surface area contributed by atoms with Crippen LogP contribution in [0, 0.1) is 0 Å². The SMILES string of the molecule is [S-]C([S-])=NCCN=C([S-])[S-].[Zn+2]. The zero-order chi connectivity index (χ0) is 7.98. The first kappa shape index (κ1) is 14.4. The van der Waals surface area contributed by atoms with E-state index in [9.17, 15) is 0 Å². The summed E-state index contributed by atoms with van der Waals surface area (Å²) >= 11 is 18.1. The maximum Gasteiger partial charge on any atom is 2.00 e. The summed E-state index contributed by atoms with van der Waals surface area (Å²) in [6.45, 7) is 0.970. The first-order valence-corrected chi connectivity index (χ1v) is 4.03. The van der Waals surface area contributed by atoms with E-state index in [0.717, 1.165) is 0 Å². The van der Waals surface area contributed by atoms with Gasteiger partial charge in [-0.05, 0) is 0 Å². The molecule has 0 aliphatic heterocycles. The summed E-state index contributed by atoms with van der Waals surface area (Å²) in [5, 5.41) is 0. The van der Waals surface area contributed by atoms with Crippen LogP contribution >= 0.6 is 0 Å². The Morgan fingerprint density at radius 3 is 1.27 bits per heavy atom. The number of hydrogen-bond donors (Lipinski definition) is 0. The van der Waals surface area contributed by atoms with Crippen LogP contribution in [-0.4, -0.2) is 21.8 Å². The van der Waals surface area contributed by atoms with Gasteiger partial charge < -0.3 is 60.5 Å². The van der Waals surface area contributed by atoms with E-state index >= 15 is 0 Å². The molecule has 0 N–H and O–H groups in total. The zero-order valence-corrected chi connectivity index (χ0v) is 11.9. The molecule has 0 aliphatic rings. The predicted molar refractivity (Wildman–Crippen MR) is 54.1 cm³/mol. The van der Waals surface area contributed by atoms with Crippen LogP contribution in [-0.2, 0) is 70.0 Å². The Hall–Kier alpha value is 0.843. The number of nitrogens with zero attached hydrogens (tertiary/aromatic N) is 2. The van der Waals surface area contributed by atoms with E-state index in [4.69, 9.17) is 0 Å².